The second kappa shape index (κ2) is 13.0. The van der Waals surface area contributed by atoms with Crippen LogP contribution in [0.25, 0.3) is 22.3 Å². The number of alkyl halides is 2. The Balaban J connectivity index is 1.39. The van der Waals surface area contributed by atoms with Crippen molar-refractivity contribution >= 4 is 32.4 Å². The molecule has 4 aromatic rings. The fourth-order valence-corrected chi connectivity index (χ4v) is 6.07. The number of ether oxygens (including phenoxy) is 2. The molecule has 0 saturated carbocycles. The molecule has 5 rings (SSSR count). The van der Waals surface area contributed by atoms with Crippen molar-refractivity contribution in [3.8, 4) is 22.8 Å². The number of fused-ring (bicyclic) bond motifs is 1. The average Bonchev–Trinajstić information content (AvgIpc) is 3.65. The first kappa shape index (κ1) is 31.5. The summed E-state index contributed by atoms with van der Waals surface area (Å²) in [5.74, 6) is 1.28. The van der Waals surface area contributed by atoms with Gasteiger partial charge in [0.2, 0.25) is 0 Å². The topological polar surface area (TPSA) is 115 Å². The molecule has 1 aliphatic heterocycles. The third-order valence-corrected chi connectivity index (χ3v) is 9.28. The third-order valence-electron chi connectivity index (χ3n) is 7.79. The van der Waals surface area contributed by atoms with Crippen LogP contribution in [0.3, 0.4) is 0 Å². The zero-order valence-electron chi connectivity index (χ0n) is 25.2. The summed E-state index contributed by atoms with van der Waals surface area (Å²) in [6.07, 6.45) is 7.69. The minimum atomic E-state index is -4.72. The van der Waals surface area contributed by atoms with Crippen LogP contribution in [0, 0.1) is 0 Å². The molecule has 3 heterocycles. The van der Waals surface area contributed by atoms with Crippen LogP contribution in [0.1, 0.15) is 26.2 Å². The van der Waals surface area contributed by atoms with Gasteiger partial charge in [-0.3, -0.25) is 14.6 Å². The lowest BCUT2D eigenvalue weighted by Crippen LogP contribution is -2.45. The highest BCUT2D eigenvalue weighted by molar-refractivity contribution is 7.90. The maximum atomic E-state index is 13.5. The molecule has 0 aliphatic carbocycles. The second-order valence-corrected chi connectivity index (χ2v) is 12.9. The molecule has 1 fully saturated rings. The summed E-state index contributed by atoms with van der Waals surface area (Å²) in [4.78, 5) is 13.8. The van der Waals surface area contributed by atoms with Gasteiger partial charge in [-0.25, -0.2) is 18.1 Å². The van der Waals surface area contributed by atoms with Gasteiger partial charge < -0.3 is 14.4 Å². The summed E-state index contributed by atoms with van der Waals surface area (Å²) in [5.41, 5.74) is 4.81. The van der Waals surface area contributed by atoms with E-state index in [0.29, 0.717) is 43.6 Å². The third kappa shape index (κ3) is 7.08. The van der Waals surface area contributed by atoms with E-state index < -0.39 is 15.3 Å². The number of nitrogens with zero attached hydrogens (tertiary/aromatic N) is 6. The van der Waals surface area contributed by atoms with Crippen molar-refractivity contribution in [3.05, 3.63) is 55.0 Å². The number of methoxy groups -OCH3 is 2. The van der Waals surface area contributed by atoms with Gasteiger partial charge in [0.1, 0.15) is 11.5 Å². The molecule has 0 spiro atoms. The van der Waals surface area contributed by atoms with Gasteiger partial charge in [0, 0.05) is 81.0 Å². The van der Waals surface area contributed by atoms with Gasteiger partial charge >= 0.3 is 5.25 Å². The molecule has 1 N–H and O–H groups in total. The van der Waals surface area contributed by atoms with Gasteiger partial charge in [0.05, 0.1) is 43.3 Å². The van der Waals surface area contributed by atoms with Crippen LogP contribution >= 0.6 is 0 Å². The van der Waals surface area contributed by atoms with E-state index in [1.165, 1.54) is 0 Å². The van der Waals surface area contributed by atoms with Crippen LogP contribution in [0.4, 0.5) is 20.2 Å². The Kier molecular flexibility index (Phi) is 9.32. The molecular formula is C30H37F2N7O4S. The summed E-state index contributed by atoms with van der Waals surface area (Å²) >= 11 is 0. The van der Waals surface area contributed by atoms with E-state index in [-0.39, 0.29) is 12.6 Å². The Labute approximate surface area is 255 Å². The van der Waals surface area contributed by atoms with Gasteiger partial charge in [-0.15, -0.1) is 0 Å². The number of hydrogen-bond acceptors (Lipinski definition) is 9. The number of hydrogen-bond donors (Lipinski definition) is 1. The zero-order valence-corrected chi connectivity index (χ0v) is 26.0. The number of anilines is 2. The van der Waals surface area contributed by atoms with Crippen LogP contribution < -0.4 is 19.1 Å². The first-order valence-electron chi connectivity index (χ1n) is 14.3. The summed E-state index contributed by atoms with van der Waals surface area (Å²) < 4.78 is 65.7. The number of nitrogens with one attached hydrogen (secondary N) is 1. The Hall–Kier alpha value is -3.88. The van der Waals surface area contributed by atoms with Crippen molar-refractivity contribution in [1.82, 2.24) is 29.4 Å². The molecule has 1 unspecified atom stereocenters. The van der Waals surface area contributed by atoms with Crippen LogP contribution in [0.2, 0.25) is 0 Å². The molecule has 2 aromatic heterocycles. The number of sulfonamides is 1. The number of aryl methyl sites for hydroxylation is 1. The van der Waals surface area contributed by atoms with Crippen LogP contribution in [0.5, 0.6) is 11.5 Å². The van der Waals surface area contributed by atoms with Gasteiger partial charge in [-0.1, -0.05) is 0 Å². The predicted molar refractivity (Wildman–Crippen MR) is 165 cm³/mol. The van der Waals surface area contributed by atoms with Crippen molar-refractivity contribution in [2.75, 3.05) is 45.3 Å². The van der Waals surface area contributed by atoms with E-state index in [0.717, 1.165) is 47.4 Å². The fraction of sp³-hybridized carbons (Fsp3) is 0.433. The number of halogens is 2. The summed E-state index contributed by atoms with van der Waals surface area (Å²) in [5, 5.41) is 0.407. The van der Waals surface area contributed by atoms with Crippen molar-refractivity contribution in [2.24, 2.45) is 7.05 Å². The Bertz CT molecular complexity index is 1690. The molecule has 44 heavy (non-hydrogen) atoms. The number of aromatic nitrogens is 4. The molecule has 1 aliphatic rings. The highest BCUT2D eigenvalue weighted by Gasteiger charge is 2.40. The monoisotopic (exact) mass is 629 g/mol. The van der Waals surface area contributed by atoms with Crippen molar-refractivity contribution < 1.29 is 26.7 Å². The maximum absolute atomic E-state index is 13.5. The number of rotatable bonds is 13. The lowest BCUT2D eigenvalue weighted by Gasteiger charge is -2.29. The largest absolute Gasteiger partial charge is 0.497 e. The van der Waals surface area contributed by atoms with E-state index in [9.17, 15) is 17.2 Å². The van der Waals surface area contributed by atoms with Crippen LogP contribution in [-0.4, -0.2) is 84.8 Å². The van der Waals surface area contributed by atoms with Gasteiger partial charge in [-0.05, 0) is 44.0 Å². The van der Waals surface area contributed by atoms with E-state index in [1.54, 1.807) is 31.3 Å². The first-order valence-corrected chi connectivity index (χ1v) is 15.8. The summed E-state index contributed by atoms with van der Waals surface area (Å²) in [7, 11) is 0.330. The molecule has 11 nitrogen and oxygen atoms in total. The zero-order chi connectivity index (χ0) is 31.5. The highest BCUT2D eigenvalue weighted by atomic mass is 32.2. The van der Waals surface area contributed by atoms with E-state index in [1.807, 2.05) is 49.6 Å². The van der Waals surface area contributed by atoms with Crippen molar-refractivity contribution in [2.45, 2.75) is 37.5 Å². The molecular weight excluding hydrogens is 592 g/mol. The summed E-state index contributed by atoms with van der Waals surface area (Å²) in [6.45, 7) is 2.36. The quantitative estimate of drug-likeness (QED) is 0.227. The predicted octanol–water partition coefficient (Wildman–Crippen LogP) is 4.57. The Morgan fingerprint density at radius 1 is 1.07 bits per heavy atom. The van der Waals surface area contributed by atoms with E-state index in [4.69, 9.17) is 14.5 Å². The fourth-order valence-electron chi connectivity index (χ4n) is 5.40. The highest BCUT2D eigenvalue weighted by Crippen LogP contribution is 2.34. The van der Waals surface area contributed by atoms with Crippen LogP contribution in [-0.2, 0) is 17.1 Å². The average molecular weight is 630 g/mol. The first-order chi connectivity index (χ1) is 21.0. The normalized spacial score (nSPS) is 16.0. The van der Waals surface area contributed by atoms with Crippen LogP contribution in [0.15, 0.2) is 55.0 Å². The summed E-state index contributed by atoms with van der Waals surface area (Å²) in [6, 6.07) is 11.4. The maximum Gasteiger partial charge on any atom is 0.356 e. The Morgan fingerprint density at radius 2 is 1.82 bits per heavy atom. The number of likely N-dealkylation sites (tertiary alicyclic amines) is 1. The Morgan fingerprint density at radius 3 is 2.48 bits per heavy atom. The van der Waals surface area contributed by atoms with Gasteiger partial charge in [-0.2, -0.15) is 13.9 Å². The molecule has 0 radical (unpaired) electrons. The van der Waals surface area contributed by atoms with Gasteiger partial charge in [0.15, 0.2) is 0 Å². The molecule has 0 amide bonds. The molecule has 14 heteroatoms. The molecule has 1 saturated heterocycles. The molecule has 0 bridgehead atoms. The van der Waals surface area contributed by atoms with E-state index >= 15 is 0 Å². The molecule has 2 aromatic carbocycles. The molecule has 1 atom stereocenters. The minimum absolute atomic E-state index is 0.0504. The smallest absolute Gasteiger partial charge is 0.356 e. The molecule has 236 valence electrons. The minimum Gasteiger partial charge on any atom is -0.497 e. The number of benzene rings is 2. The SMILES string of the molecule is COc1cc(OC)cc(N(CCCN2CCCC2CNS(=O)(=O)C(C)(F)F)c2ccc3ncc(-c4cnn(C)c4)nc3c2)c1. The second-order valence-electron chi connectivity index (χ2n) is 10.9. The van der Waals surface area contributed by atoms with E-state index in [2.05, 4.69) is 24.6 Å². The lowest BCUT2D eigenvalue weighted by atomic mass is 10.1. The van der Waals surface area contributed by atoms with Crippen molar-refractivity contribution in [3.63, 3.8) is 0 Å². The van der Waals surface area contributed by atoms with Gasteiger partial charge in [0.25, 0.3) is 10.0 Å². The van der Waals surface area contributed by atoms with Crippen molar-refractivity contribution in [1.29, 1.82) is 0 Å². The lowest BCUT2D eigenvalue weighted by molar-refractivity contribution is 0.112. The standard InChI is InChI=1S/C30H37F2N7O4S/c1-30(31,32)44(40,41)35-18-23-7-5-10-38(23)11-6-12-39(24-13-25(42-3)16-26(14-24)43-4)22-8-9-27-28(15-22)36-29(19-33-27)21-17-34-37(2)20-21/h8-9,13-17,19-20,23,35H,5-7,10-12,18H2,1-4H3.